The predicted molar refractivity (Wildman–Crippen MR) is 126 cm³/mol. The van der Waals surface area contributed by atoms with Gasteiger partial charge in [0.2, 0.25) is 0 Å². The quantitative estimate of drug-likeness (QED) is 0.510. The van der Waals surface area contributed by atoms with E-state index in [1.54, 1.807) is 0 Å². The molecule has 2 aliphatic carbocycles. The molecule has 0 N–H and O–H groups in total. The summed E-state index contributed by atoms with van der Waals surface area (Å²) in [5.74, 6) is 2.91. The van der Waals surface area contributed by atoms with Gasteiger partial charge in [-0.3, -0.25) is 14.2 Å². The molecular weight excluding hydrogens is 401 g/mol. The maximum Gasteiger partial charge on any atom is 0.309 e. The second-order valence-corrected chi connectivity index (χ2v) is 9.68. The molecule has 0 bridgehead atoms. The summed E-state index contributed by atoms with van der Waals surface area (Å²) in [6.45, 7) is 4.45. The summed E-state index contributed by atoms with van der Waals surface area (Å²) in [5, 5.41) is 0. The van der Waals surface area contributed by atoms with Crippen molar-refractivity contribution in [1.29, 1.82) is 0 Å². The Morgan fingerprint density at radius 3 is 2.50 bits per heavy atom. The van der Waals surface area contributed by atoms with Gasteiger partial charge < -0.3 is 4.74 Å². The minimum absolute atomic E-state index is 0.0193. The van der Waals surface area contributed by atoms with Crippen LogP contribution >= 0.6 is 0 Å². The topological polar surface area (TPSA) is 39.2 Å². The number of benzene rings is 1. The fraction of sp³-hybridized carbons (Fsp3) is 0.500. The van der Waals surface area contributed by atoms with E-state index < -0.39 is 0 Å². The number of rotatable bonds is 3. The molecule has 170 valence electrons. The monoisotopic (exact) mass is 435 g/mol. The number of ether oxygens (including phenoxy) is 1. The minimum Gasteiger partial charge on any atom is -0.462 e. The Balaban J connectivity index is 0.00000119. The smallest absolute Gasteiger partial charge is 0.309 e. The van der Waals surface area contributed by atoms with E-state index in [4.69, 9.17) is 9.72 Å². The second-order valence-electron chi connectivity index (χ2n) is 9.68. The molecule has 7 atom stereocenters. The SMILES string of the molecule is CC1CCC2C(C1)CC1C(=O)OC(C)C1C2C=Cc1ccc(-c2ccccc2)cn1.CF. The first kappa shape index (κ1) is 22.7. The molecule has 0 spiro atoms. The molecule has 1 aliphatic heterocycles. The van der Waals surface area contributed by atoms with E-state index in [-0.39, 0.29) is 18.0 Å². The van der Waals surface area contributed by atoms with Crippen LogP contribution in [0.3, 0.4) is 0 Å². The van der Waals surface area contributed by atoms with Gasteiger partial charge in [0.25, 0.3) is 0 Å². The molecule has 0 radical (unpaired) electrons. The number of alkyl halides is 1. The van der Waals surface area contributed by atoms with Crippen molar-refractivity contribution in [2.24, 2.45) is 35.5 Å². The van der Waals surface area contributed by atoms with E-state index in [2.05, 4.69) is 62.4 Å². The highest BCUT2D eigenvalue weighted by molar-refractivity contribution is 5.75. The number of esters is 1. The van der Waals surface area contributed by atoms with E-state index in [0.29, 0.717) is 30.8 Å². The van der Waals surface area contributed by atoms with Gasteiger partial charge in [0.15, 0.2) is 0 Å². The Labute approximate surface area is 191 Å². The number of carbonyl (C=O) groups is 1. The summed E-state index contributed by atoms with van der Waals surface area (Å²) < 4.78 is 15.2. The number of cyclic esters (lactones) is 1. The van der Waals surface area contributed by atoms with Crippen molar-refractivity contribution >= 4 is 12.0 Å². The Hall–Kier alpha value is -2.49. The molecule has 3 nitrogen and oxygen atoms in total. The van der Waals surface area contributed by atoms with E-state index >= 15 is 0 Å². The van der Waals surface area contributed by atoms with Gasteiger partial charge in [0.05, 0.1) is 18.8 Å². The van der Waals surface area contributed by atoms with Crippen LogP contribution in [-0.4, -0.2) is 24.2 Å². The lowest BCUT2D eigenvalue weighted by Crippen LogP contribution is -2.43. The number of fused-ring (bicyclic) bond motifs is 2. The fourth-order valence-electron chi connectivity index (χ4n) is 6.37. The van der Waals surface area contributed by atoms with Crippen LogP contribution in [0.15, 0.2) is 54.7 Å². The molecule has 3 aliphatic rings. The van der Waals surface area contributed by atoms with Gasteiger partial charge >= 0.3 is 5.97 Å². The summed E-state index contributed by atoms with van der Waals surface area (Å²) in [6.07, 6.45) is 11.3. The van der Waals surface area contributed by atoms with Crippen LogP contribution in [0.25, 0.3) is 17.2 Å². The van der Waals surface area contributed by atoms with Gasteiger partial charge in [-0.2, -0.15) is 0 Å². The molecule has 1 saturated heterocycles. The Bertz CT molecular complexity index is 926. The van der Waals surface area contributed by atoms with Gasteiger partial charge in [-0.05, 0) is 67.6 Å². The largest absolute Gasteiger partial charge is 0.462 e. The van der Waals surface area contributed by atoms with Crippen molar-refractivity contribution in [1.82, 2.24) is 4.98 Å². The molecule has 2 saturated carbocycles. The average Bonchev–Trinajstić information content (AvgIpc) is 3.11. The first-order valence-corrected chi connectivity index (χ1v) is 11.9. The Morgan fingerprint density at radius 2 is 1.78 bits per heavy atom. The van der Waals surface area contributed by atoms with Crippen molar-refractivity contribution in [3.8, 4) is 11.1 Å². The number of hydrogen-bond donors (Lipinski definition) is 0. The fourth-order valence-corrected chi connectivity index (χ4v) is 6.37. The van der Waals surface area contributed by atoms with Crippen LogP contribution in [0.2, 0.25) is 0 Å². The normalized spacial score (nSPS) is 33.6. The number of aromatic nitrogens is 1. The van der Waals surface area contributed by atoms with Crippen LogP contribution in [0, 0.1) is 35.5 Å². The number of hydrogen-bond acceptors (Lipinski definition) is 3. The van der Waals surface area contributed by atoms with Crippen LogP contribution in [0.1, 0.15) is 45.2 Å². The number of pyridine rings is 1. The zero-order chi connectivity index (χ0) is 22.7. The average molecular weight is 436 g/mol. The van der Waals surface area contributed by atoms with Crippen LogP contribution in [0.4, 0.5) is 4.39 Å². The van der Waals surface area contributed by atoms with E-state index in [9.17, 15) is 9.18 Å². The summed E-state index contributed by atoms with van der Waals surface area (Å²) in [4.78, 5) is 17.2. The highest BCUT2D eigenvalue weighted by Gasteiger charge is 2.54. The van der Waals surface area contributed by atoms with Gasteiger partial charge in [0.1, 0.15) is 6.10 Å². The Morgan fingerprint density at radius 1 is 1.00 bits per heavy atom. The molecular formula is C28H34FNO2. The molecule has 5 rings (SSSR count). The standard InChI is InChI=1S/C27H31NO2.CH3F/c1-17-8-12-23-21(14-17)15-25-26(18(2)30-27(25)29)24(23)13-11-22-10-9-20(16-28-22)19-6-4-3-5-7-19;1-2/h3-7,9-11,13,16-18,21,23-26H,8,12,14-15H2,1-2H3;1H3. The Kier molecular flexibility index (Phi) is 7.07. The number of allylic oxidation sites excluding steroid dienone is 1. The van der Waals surface area contributed by atoms with Crippen LogP contribution in [-0.2, 0) is 9.53 Å². The third kappa shape index (κ3) is 4.51. The first-order valence-electron chi connectivity index (χ1n) is 11.9. The maximum atomic E-state index is 12.5. The van der Waals surface area contributed by atoms with Crippen LogP contribution in [0.5, 0.6) is 0 Å². The number of carbonyl (C=O) groups excluding carboxylic acids is 1. The van der Waals surface area contributed by atoms with Gasteiger partial charge in [-0.25, -0.2) is 0 Å². The lowest BCUT2D eigenvalue weighted by molar-refractivity contribution is -0.144. The van der Waals surface area contributed by atoms with Crippen molar-refractivity contribution < 1.29 is 13.9 Å². The molecule has 7 unspecified atom stereocenters. The summed E-state index contributed by atoms with van der Waals surface area (Å²) in [7, 11) is 0.500. The second kappa shape index (κ2) is 9.97. The lowest BCUT2D eigenvalue weighted by Gasteiger charge is -2.47. The minimum atomic E-state index is 0.0193. The molecule has 3 fully saturated rings. The van der Waals surface area contributed by atoms with Crippen molar-refractivity contribution in [2.45, 2.75) is 45.6 Å². The highest BCUT2D eigenvalue weighted by Crippen LogP contribution is 2.54. The highest BCUT2D eigenvalue weighted by atomic mass is 19.1. The van der Waals surface area contributed by atoms with Gasteiger partial charge in [-0.1, -0.05) is 55.8 Å². The van der Waals surface area contributed by atoms with Gasteiger partial charge in [0, 0.05) is 17.7 Å². The van der Waals surface area contributed by atoms with E-state index in [1.165, 1.54) is 24.8 Å². The molecule has 0 amide bonds. The van der Waals surface area contributed by atoms with E-state index in [1.807, 2.05) is 12.3 Å². The maximum absolute atomic E-state index is 12.5. The summed E-state index contributed by atoms with van der Waals surface area (Å²) in [5.41, 5.74) is 3.30. The number of nitrogens with zero attached hydrogens (tertiary/aromatic N) is 1. The summed E-state index contributed by atoms with van der Waals surface area (Å²) >= 11 is 0. The third-order valence-corrected chi connectivity index (χ3v) is 7.79. The molecule has 1 aromatic heterocycles. The molecule has 2 heterocycles. The lowest BCUT2D eigenvalue weighted by atomic mass is 9.56. The molecule has 32 heavy (non-hydrogen) atoms. The zero-order valence-electron chi connectivity index (χ0n) is 19.3. The summed E-state index contributed by atoms with van der Waals surface area (Å²) in [6, 6.07) is 14.6. The zero-order valence-corrected chi connectivity index (χ0v) is 19.3. The van der Waals surface area contributed by atoms with Crippen molar-refractivity contribution in [3.63, 3.8) is 0 Å². The van der Waals surface area contributed by atoms with Crippen molar-refractivity contribution in [2.75, 3.05) is 7.18 Å². The molecule has 2 aromatic rings. The van der Waals surface area contributed by atoms with Crippen LogP contribution < -0.4 is 0 Å². The molecule has 1 aromatic carbocycles. The van der Waals surface area contributed by atoms with Gasteiger partial charge in [-0.15, -0.1) is 0 Å². The number of halogens is 1. The molecule has 4 heteroatoms. The van der Waals surface area contributed by atoms with Crippen molar-refractivity contribution in [3.05, 3.63) is 60.4 Å². The predicted octanol–water partition coefficient (Wildman–Crippen LogP) is 6.60. The van der Waals surface area contributed by atoms with E-state index in [0.717, 1.165) is 23.6 Å². The third-order valence-electron chi connectivity index (χ3n) is 7.79. The first-order chi connectivity index (χ1) is 15.6.